The molecule has 0 radical (unpaired) electrons. The van der Waals surface area contributed by atoms with Crippen LogP contribution >= 0.6 is 0 Å². The van der Waals surface area contributed by atoms with E-state index in [4.69, 9.17) is 4.74 Å². The lowest BCUT2D eigenvalue weighted by Crippen LogP contribution is -2.46. The lowest BCUT2D eigenvalue weighted by molar-refractivity contribution is 0.0184. The van der Waals surface area contributed by atoms with E-state index in [0.29, 0.717) is 32.5 Å². The highest BCUT2D eigenvalue weighted by molar-refractivity contribution is 7.87. The van der Waals surface area contributed by atoms with Crippen molar-refractivity contribution in [1.29, 1.82) is 0 Å². The Morgan fingerprint density at radius 2 is 1.36 bits per heavy atom. The van der Waals surface area contributed by atoms with E-state index in [1.54, 1.807) is 4.90 Å². The maximum atomic E-state index is 13.5. The Morgan fingerprint density at radius 1 is 0.905 bits per heavy atom. The van der Waals surface area contributed by atoms with Crippen molar-refractivity contribution in [3.8, 4) is 0 Å². The number of urea groups is 1. The standard InChI is InChI=1S/C24H41N9O7S2/c1-24(2,3)40-23(35)30-12-8-19(9-13-30)16-27-22(34)31(17-20-25-10-14-32(20)41(36,37)28(4)5)18-21-26-11-15-33(21)42(38,39)29(6)7/h10-11,14-15,19H,8-9,12-13,16-18H2,1-7H3,(H,27,34). The Kier molecular flexibility index (Phi) is 10.3. The second-order valence-electron chi connectivity index (χ2n) is 11.3. The van der Waals surface area contributed by atoms with Gasteiger partial charge in [0.05, 0.1) is 13.1 Å². The number of carbonyl (C=O) groups excluding carboxylic acids is 2. The first kappa shape index (κ1) is 33.3. The Hall–Kier alpha value is -3.22. The topological polar surface area (TPSA) is 172 Å². The Labute approximate surface area is 247 Å². The molecule has 1 saturated heterocycles. The molecule has 3 heterocycles. The minimum Gasteiger partial charge on any atom is -0.444 e. The van der Waals surface area contributed by atoms with Gasteiger partial charge in [-0.1, -0.05) is 0 Å². The van der Waals surface area contributed by atoms with E-state index in [-0.39, 0.29) is 36.7 Å². The predicted molar refractivity (Wildman–Crippen MR) is 154 cm³/mol. The fourth-order valence-corrected chi connectivity index (χ4v) is 6.03. The van der Waals surface area contributed by atoms with Crippen molar-refractivity contribution in [2.24, 2.45) is 5.92 Å². The fraction of sp³-hybridized carbons (Fsp3) is 0.667. The number of amides is 3. The molecule has 18 heteroatoms. The van der Waals surface area contributed by atoms with Gasteiger partial charge in [0.25, 0.3) is 0 Å². The van der Waals surface area contributed by atoms with Crippen LogP contribution < -0.4 is 5.32 Å². The van der Waals surface area contributed by atoms with Gasteiger partial charge in [0.15, 0.2) is 0 Å². The van der Waals surface area contributed by atoms with E-state index in [2.05, 4.69) is 15.3 Å². The third-order valence-electron chi connectivity index (χ3n) is 6.54. The lowest BCUT2D eigenvalue weighted by atomic mass is 9.97. The van der Waals surface area contributed by atoms with Crippen LogP contribution in [0, 0.1) is 5.92 Å². The SMILES string of the molecule is CN(C)S(=O)(=O)n1ccnc1CN(Cc1nccn1S(=O)(=O)N(C)C)C(=O)NCC1CCN(C(=O)OC(C)(C)C)CC1. The van der Waals surface area contributed by atoms with Gasteiger partial charge in [-0.3, -0.25) is 0 Å². The number of rotatable bonds is 10. The van der Waals surface area contributed by atoms with E-state index in [1.807, 2.05) is 20.8 Å². The number of ether oxygens (including phenoxy) is 1. The van der Waals surface area contributed by atoms with Crippen molar-refractivity contribution in [2.75, 3.05) is 47.8 Å². The summed E-state index contributed by atoms with van der Waals surface area (Å²) in [6.45, 7) is 6.19. The number of carbonyl (C=O) groups is 2. The predicted octanol–water partition coefficient (Wildman–Crippen LogP) is 0.748. The van der Waals surface area contributed by atoms with Crippen molar-refractivity contribution < 1.29 is 31.2 Å². The zero-order valence-corrected chi connectivity index (χ0v) is 26.7. The Morgan fingerprint density at radius 3 is 1.76 bits per heavy atom. The molecule has 42 heavy (non-hydrogen) atoms. The largest absolute Gasteiger partial charge is 0.444 e. The molecule has 0 saturated carbocycles. The first-order valence-corrected chi connectivity index (χ1v) is 16.1. The lowest BCUT2D eigenvalue weighted by Gasteiger charge is -2.33. The van der Waals surface area contributed by atoms with Crippen LogP contribution in [0.25, 0.3) is 0 Å². The summed E-state index contributed by atoms with van der Waals surface area (Å²) in [5.74, 6) is 0.192. The number of hydrogen-bond acceptors (Lipinski definition) is 9. The smallest absolute Gasteiger partial charge is 0.410 e. The van der Waals surface area contributed by atoms with E-state index in [9.17, 15) is 26.4 Å². The number of piperidine rings is 1. The molecule has 3 amide bonds. The molecular weight excluding hydrogens is 590 g/mol. The molecule has 2 aromatic rings. The summed E-state index contributed by atoms with van der Waals surface area (Å²) in [5, 5.41) is 2.88. The zero-order valence-electron chi connectivity index (χ0n) is 25.1. The molecule has 1 aliphatic rings. The number of aromatic nitrogens is 4. The summed E-state index contributed by atoms with van der Waals surface area (Å²) < 4.78 is 60.7. The van der Waals surface area contributed by atoms with Gasteiger partial charge in [0.2, 0.25) is 0 Å². The molecule has 0 atom stereocenters. The van der Waals surface area contributed by atoms with Crippen LogP contribution in [0.15, 0.2) is 24.8 Å². The van der Waals surface area contributed by atoms with Gasteiger partial charge in [-0.05, 0) is 39.5 Å². The monoisotopic (exact) mass is 631 g/mol. The molecule has 1 aliphatic heterocycles. The number of hydrogen-bond donors (Lipinski definition) is 1. The minimum atomic E-state index is -3.93. The van der Waals surface area contributed by atoms with E-state index in [0.717, 1.165) is 16.6 Å². The van der Waals surface area contributed by atoms with Gasteiger partial charge in [-0.25, -0.2) is 27.5 Å². The van der Waals surface area contributed by atoms with Crippen molar-refractivity contribution in [3.63, 3.8) is 0 Å². The number of imidazole rings is 2. The number of likely N-dealkylation sites (tertiary alicyclic amines) is 1. The third kappa shape index (κ3) is 7.99. The van der Waals surface area contributed by atoms with E-state index >= 15 is 0 Å². The highest BCUT2D eigenvalue weighted by Crippen LogP contribution is 2.20. The average molecular weight is 632 g/mol. The van der Waals surface area contributed by atoms with Gasteiger partial charge in [-0.2, -0.15) is 25.4 Å². The van der Waals surface area contributed by atoms with Crippen LogP contribution in [-0.4, -0.2) is 119 Å². The van der Waals surface area contributed by atoms with E-state index in [1.165, 1.54) is 57.9 Å². The van der Waals surface area contributed by atoms with E-state index < -0.39 is 32.1 Å². The summed E-state index contributed by atoms with van der Waals surface area (Å²) in [6, 6.07) is -0.557. The summed E-state index contributed by atoms with van der Waals surface area (Å²) in [5.41, 5.74) is -0.591. The maximum Gasteiger partial charge on any atom is 0.410 e. The van der Waals surface area contributed by atoms with Gasteiger partial charge in [-0.15, -0.1) is 0 Å². The van der Waals surface area contributed by atoms with Crippen molar-refractivity contribution in [3.05, 3.63) is 36.4 Å². The van der Waals surface area contributed by atoms with Crippen LogP contribution in [0.2, 0.25) is 0 Å². The number of nitrogens with one attached hydrogen (secondary N) is 1. The zero-order chi connectivity index (χ0) is 31.5. The normalized spacial score (nSPS) is 15.3. The highest BCUT2D eigenvalue weighted by Gasteiger charge is 2.29. The fourth-order valence-electron chi connectivity index (χ4n) is 4.17. The maximum absolute atomic E-state index is 13.5. The molecule has 1 fully saturated rings. The Bertz CT molecular complexity index is 1370. The summed E-state index contributed by atoms with van der Waals surface area (Å²) in [7, 11) is -2.36. The van der Waals surface area contributed by atoms with Crippen LogP contribution in [0.4, 0.5) is 9.59 Å². The van der Waals surface area contributed by atoms with Crippen LogP contribution in [0.1, 0.15) is 45.3 Å². The van der Waals surface area contributed by atoms with Crippen LogP contribution in [0.3, 0.4) is 0 Å². The van der Waals surface area contributed by atoms with Crippen LogP contribution in [-0.2, 0) is 38.2 Å². The van der Waals surface area contributed by atoms with Crippen LogP contribution in [0.5, 0.6) is 0 Å². The Balaban J connectivity index is 1.77. The van der Waals surface area contributed by atoms with Gasteiger partial charge >= 0.3 is 32.5 Å². The number of nitrogens with zero attached hydrogens (tertiary/aromatic N) is 8. The molecule has 1 N–H and O–H groups in total. The third-order valence-corrected chi connectivity index (χ3v) is 10.0. The minimum absolute atomic E-state index is 0.0538. The first-order chi connectivity index (χ1) is 19.4. The summed E-state index contributed by atoms with van der Waals surface area (Å²) >= 11 is 0. The van der Waals surface area contributed by atoms with Crippen molar-refractivity contribution in [2.45, 2.75) is 52.3 Å². The molecule has 16 nitrogen and oxygen atoms in total. The quantitative estimate of drug-likeness (QED) is 0.397. The molecular formula is C24H41N9O7S2. The molecule has 2 aromatic heterocycles. The molecule has 3 rings (SSSR count). The van der Waals surface area contributed by atoms with Gasteiger partial charge in [0, 0.05) is 72.6 Å². The first-order valence-electron chi connectivity index (χ1n) is 13.3. The highest BCUT2D eigenvalue weighted by atomic mass is 32.2. The summed E-state index contributed by atoms with van der Waals surface area (Å²) in [4.78, 5) is 37.1. The summed E-state index contributed by atoms with van der Waals surface area (Å²) in [6.07, 6.45) is 6.09. The molecule has 0 unspecified atom stereocenters. The average Bonchev–Trinajstić information content (AvgIpc) is 3.56. The molecule has 0 spiro atoms. The molecule has 0 aliphatic carbocycles. The second-order valence-corrected chi connectivity index (χ2v) is 15.4. The molecule has 236 valence electrons. The van der Waals surface area contributed by atoms with Crippen molar-refractivity contribution >= 4 is 32.5 Å². The van der Waals surface area contributed by atoms with Gasteiger partial charge in [0.1, 0.15) is 17.2 Å². The van der Waals surface area contributed by atoms with Gasteiger partial charge < -0.3 is 19.9 Å². The van der Waals surface area contributed by atoms with Crippen molar-refractivity contribution in [1.82, 2.24) is 41.6 Å². The second kappa shape index (κ2) is 13.0. The molecule has 0 aromatic carbocycles. The molecule has 0 bridgehead atoms.